The molecule has 0 spiro atoms. The van der Waals surface area contributed by atoms with Gasteiger partial charge < -0.3 is 16.0 Å². The van der Waals surface area contributed by atoms with Gasteiger partial charge in [-0.15, -0.1) is 0 Å². The average molecular weight is 323 g/mol. The first kappa shape index (κ1) is 17.3. The Morgan fingerprint density at radius 2 is 1.46 bits per heavy atom. The Kier molecular flexibility index (Phi) is 6.14. The molecule has 0 heterocycles. The predicted molar refractivity (Wildman–Crippen MR) is 97.8 cm³/mol. The first-order chi connectivity index (χ1) is 11.5. The fourth-order valence-electron chi connectivity index (χ4n) is 2.03. The molecule has 3 N–H and O–H groups in total. The van der Waals surface area contributed by atoms with Crippen LogP contribution < -0.4 is 16.0 Å². The van der Waals surface area contributed by atoms with Crippen LogP contribution >= 0.6 is 0 Å². The third-order valence-corrected chi connectivity index (χ3v) is 3.08. The number of nitrogens with one attached hydrogen (secondary N) is 3. The molecular formula is C19H21N3O2. The van der Waals surface area contributed by atoms with E-state index in [2.05, 4.69) is 16.0 Å². The average Bonchev–Trinajstić information content (AvgIpc) is 2.55. The van der Waals surface area contributed by atoms with Gasteiger partial charge in [-0.25, -0.2) is 4.79 Å². The van der Waals surface area contributed by atoms with Crippen molar-refractivity contribution in [3.63, 3.8) is 0 Å². The summed E-state index contributed by atoms with van der Waals surface area (Å²) in [5.41, 5.74) is 2.02. The highest BCUT2D eigenvalue weighted by molar-refractivity contribution is 6.05. The normalized spacial score (nSPS) is 10.6. The van der Waals surface area contributed by atoms with Gasteiger partial charge in [-0.1, -0.05) is 42.5 Å². The van der Waals surface area contributed by atoms with E-state index >= 15 is 0 Å². The van der Waals surface area contributed by atoms with Gasteiger partial charge in [-0.2, -0.15) is 0 Å². The van der Waals surface area contributed by atoms with Crippen LogP contribution in [-0.4, -0.2) is 18.0 Å². The minimum atomic E-state index is -0.313. The van der Waals surface area contributed by atoms with Crippen LogP contribution in [0.1, 0.15) is 19.4 Å². The lowest BCUT2D eigenvalue weighted by Crippen LogP contribution is -2.34. The van der Waals surface area contributed by atoms with Crippen molar-refractivity contribution in [2.45, 2.75) is 19.9 Å². The number of anilines is 2. The number of rotatable bonds is 5. The van der Waals surface area contributed by atoms with Gasteiger partial charge in [0.05, 0.1) is 11.4 Å². The zero-order valence-corrected chi connectivity index (χ0v) is 13.7. The van der Waals surface area contributed by atoms with Crippen molar-refractivity contribution >= 4 is 29.4 Å². The smallest absolute Gasteiger partial charge is 0.319 e. The molecule has 3 amide bonds. The predicted octanol–water partition coefficient (Wildman–Crippen LogP) is 3.87. The molecule has 0 saturated carbocycles. The molecule has 0 aromatic heterocycles. The van der Waals surface area contributed by atoms with Crippen LogP contribution in [0.25, 0.3) is 6.08 Å². The topological polar surface area (TPSA) is 70.2 Å². The molecule has 0 fully saturated rings. The molecule has 0 atom stereocenters. The number of hydrogen-bond donors (Lipinski definition) is 3. The molecule has 2 rings (SSSR count). The number of benzene rings is 2. The van der Waals surface area contributed by atoms with E-state index in [9.17, 15) is 9.59 Å². The Morgan fingerprint density at radius 3 is 2.08 bits per heavy atom. The Bertz CT molecular complexity index is 724. The van der Waals surface area contributed by atoms with E-state index in [0.29, 0.717) is 11.4 Å². The van der Waals surface area contributed by atoms with Crippen LogP contribution in [0.3, 0.4) is 0 Å². The van der Waals surface area contributed by atoms with Crippen LogP contribution in [0.4, 0.5) is 16.2 Å². The van der Waals surface area contributed by atoms with E-state index in [4.69, 9.17) is 0 Å². The van der Waals surface area contributed by atoms with E-state index in [0.717, 1.165) is 5.56 Å². The summed E-state index contributed by atoms with van der Waals surface area (Å²) in [6.45, 7) is 3.75. The standard InChI is InChI=1S/C19H21N3O2/c1-14(2)20-19(24)22-17-11-7-6-10-16(17)21-18(23)13-12-15-8-4-3-5-9-15/h3-14H,1-2H3,(H,21,23)(H2,20,22,24)/b13-12+. The van der Waals surface area contributed by atoms with Gasteiger partial charge in [0, 0.05) is 12.1 Å². The molecule has 5 heteroatoms. The quantitative estimate of drug-likeness (QED) is 0.731. The summed E-state index contributed by atoms with van der Waals surface area (Å²) in [6, 6.07) is 16.3. The summed E-state index contributed by atoms with van der Waals surface area (Å²) >= 11 is 0. The molecule has 24 heavy (non-hydrogen) atoms. The monoisotopic (exact) mass is 323 g/mol. The summed E-state index contributed by atoms with van der Waals surface area (Å²) in [6.07, 6.45) is 3.19. The Morgan fingerprint density at radius 1 is 0.875 bits per heavy atom. The number of para-hydroxylation sites is 2. The zero-order valence-electron chi connectivity index (χ0n) is 13.7. The highest BCUT2D eigenvalue weighted by Gasteiger charge is 2.08. The van der Waals surface area contributed by atoms with Crippen molar-refractivity contribution in [2.75, 3.05) is 10.6 Å². The fourth-order valence-corrected chi connectivity index (χ4v) is 2.03. The van der Waals surface area contributed by atoms with Crippen LogP contribution in [0.5, 0.6) is 0 Å². The highest BCUT2D eigenvalue weighted by Crippen LogP contribution is 2.21. The maximum Gasteiger partial charge on any atom is 0.319 e. The summed E-state index contributed by atoms with van der Waals surface area (Å²) < 4.78 is 0. The molecule has 0 radical (unpaired) electrons. The van der Waals surface area contributed by atoms with E-state index in [-0.39, 0.29) is 18.0 Å². The molecule has 0 bridgehead atoms. The molecule has 0 aliphatic rings. The second-order valence-electron chi connectivity index (χ2n) is 5.53. The van der Waals surface area contributed by atoms with E-state index in [1.54, 1.807) is 30.3 Å². The SMILES string of the molecule is CC(C)NC(=O)Nc1ccccc1NC(=O)/C=C/c1ccccc1. The largest absolute Gasteiger partial charge is 0.336 e. The van der Waals surface area contributed by atoms with Gasteiger partial charge >= 0.3 is 6.03 Å². The van der Waals surface area contributed by atoms with Crippen LogP contribution in [0, 0.1) is 0 Å². The lowest BCUT2D eigenvalue weighted by Gasteiger charge is -2.13. The number of urea groups is 1. The molecule has 2 aromatic carbocycles. The third kappa shape index (κ3) is 5.61. The van der Waals surface area contributed by atoms with E-state index in [1.165, 1.54) is 6.08 Å². The van der Waals surface area contributed by atoms with Crippen molar-refractivity contribution in [3.05, 3.63) is 66.2 Å². The molecule has 5 nitrogen and oxygen atoms in total. The Hall–Kier alpha value is -3.08. The molecule has 124 valence electrons. The summed E-state index contributed by atoms with van der Waals surface area (Å²) in [7, 11) is 0. The maximum absolute atomic E-state index is 12.1. The highest BCUT2D eigenvalue weighted by atomic mass is 16.2. The van der Waals surface area contributed by atoms with E-state index in [1.807, 2.05) is 44.2 Å². The first-order valence-corrected chi connectivity index (χ1v) is 7.75. The molecule has 2 aromatic rings. The summed E-state index contributed by atoms with van der Waals surface area (Å²) in [5.74, 6) is -0.266. The number of carbonyl (C=O) groups excluding carboxylic acids is 2. The van der Waals surface area contributed by atoms with Crippen LogP contribution in [0.15, 0.2) is 60.7 Å². The van der Waals surface area contributed by atoms with Gasteiger partial charge in [-0.05, 0) is 37.6 Å². The lowest BCUT2D eigenvalue weighted by atomic mass is 10.2. The summed E-state index contributed by atoms with van der Waals surface area (Å²) in [4.78, 5) is 23.9. The fraction of sp³-hybridized carbons (Fsp3) is 0.158. The zero-order chi connectivity index (χ0) is 17.4. The van der Waals surface area contributed by atoms with Crippen molar-refractivity contribution < 1.29 is 9.59 Å². The third-order valence-electron chi connectivity index (χ3n) is 3.08. The molecule has 0 unspecified atom stereocenters. The van der Waals surface area contributed by atoms with Gasteiger partial charge in [-0.3, -0.25) is 4.79 Å². The van der Waals surface area contributed by atoms with Gasteiger partial charge in [0.1, 0.15) is 0 Å². The number of hydrogen-bond acceptors (Lipinski definition) is 2. The second kappa shape index (κ2) is 8.53. The Balaban J connectivity index is 2.03. The first-order valence-electron chi connectivity index (χ1n) is 7.75. The van der Waals surface area contributed by atoms with Crippen LogP contribution in [0.2, 0.25) is 0 Å². The van der Waals surface area contributed by atoms with Gasteiger partial charge in [0.15, 0.2) is 0 Å². The molecule has 0 aliphatic heterocycles. The summed E-state index contributed by atoms with van der Waals surface area (Å²) in [5, 5.41) is 8.25. The van der Waals surface area contributed by atoms with Crippen molar-refractivity contribution in [1.82, 2.24) is 5.32 Å². The number of amides is 3. The van der Waals surface area contributed by atoms with Gasteiger partial charge in [0.2, 0.25) is 5.91 Å². The van der Waals surface area contributed by atoms with Crippen LogP contribution in [-0.2, 0) is 4.79 Å². The molecule has 0 saturated heterocycles. The van der Waals surface area contributed by atoms with Crippen molar-refractivity contribution in [2.24, 2.45) is 0 Å². The Labute approximate surface area is 141 Å². The minimum Gasteiger partial charge on any atom is -0.336 e. The van der Waals surface area contributed by atoms with Gasteiger partial charge in [0.25, 0.3) is 0 Å². The lowest BCUT2D eigenvalue weighted by molar-refractivity contribution is -0.111. The second-order valence-corrected chi connectivity index (χ2v) is 5.53. The maximum atomic E-state index is 12.1. The van der Waals surface area contributed by atoms with Crippen molar-refractivity contribution in [1.29, 1.82) is 0 Å². The minimum absolute atomic E-state index is 0.0283. The molecular weight excluding hydrogens is 302 g/mol. The van der Waals surface area contributed by atoms with Crippen molar-refractivity contribution in [3.8, 4) is 0 Å². The van der Waals surface area contributed by atoms with E-state index < -0.39 is 0 Å². The molecule has 0 aliphatic carbocycles. The number of carbonyl (C=O) groups is 2.